The second-order valence-electron chi connectivity index (χ2n) is 9.30. The quantitative estimate of drug-likeness (QED) is 0.356. The Balaban J connectivity index is 1.86. The van der Waals surface area contributed by atoms with Crippen molar-refractivity contribution in [3.8, 4) is 16.9 Å². The second kappa shape index (κ2) is 8.44. The Hall–Kier alpha value is -3.72. The number of alkyl halides is 3. The molecule has 0 saturated carbocycles. The molecule has 0 fully saturated rings. The summed E-state index contributed by atoms with van der Waals surface area (Å²) in [6, 6.07) is 10.6. The number of benzene rings is 2. The zero-order chi connectivity index (χ0) is 25.8. The first kappa shape index (κ1) is 24.0. The monoisotopic (exact) mass is 496 g/mol. The number of pyridine rings is 2. The highest BCUT2D eigenvalue weighted by Gasteiger charge is 2.51. The van der Waals surface area contributed by atoms with E-state index in [-0.39, 0.29) is 5.56 Å². The number of aliphatic carboxylic acids is 1. The number of aryl methyl sites for hydroxylation is 1. The highest BCUT2D eigenvalue weighted by atomic mass is 19.4. The number of fused-ring (bicyclic) bond motifs is 1. The average Bonchev–Trinajstić information content (AvgIpc) is 2.82. The van der Waals surface area contributed by atoms with Crippen molar-refractivity contribution in [3.05, 3.63) is 65.5 Å². The van der Waals surface area contributed by atoms with Crippen molar-refractivity contribution >= 4 is 27.8 Å². The third-order valence-electron chi connectivity index (χ3n) is 6.58. The van der Waals surface area contributed by atoms with Gasteiger partial charge in [0.1, 0.15) is 5.75 Å². The third kappa shape index (κ3) is 3.83. The lowest BCUT2D eigenvalue weighted by Crippen LogP contribution is -2.44. The molecular weight excluding hydrogens is 473 g/mol. The minimum Gasteiger partial charge on any atom is -0.493 e. The minimum absolute atomic E-state index is 0.125. The standard InChI is InChI=1S/C27H23F3N2O4/c1-14-13-18-16(5-4-10-31-18)22(20(14)24(25(33)34)36-26(2,3)27(28,29)30)17-6-7-19-21-15(9-12-35-19)8-11-32-23(17)21/h4-8,10-11,13,24H,9,12H2,1-3H3,(H,33,34)/t24-/m1/s1. The molecule has 6 nitrogen and oxygen atoms in total. The van der Waals surface area contributed by atoms with Gasteiger partial charge in [0, 0.05) is 40.7 Å². The molecule has 0 radical (unpaired) electrons. The molecule has 1 N–H and O–H groups in total. The number of hydrogen-bond donors (Lipinski definition) is 1. The van der Waals surface area contributed by atoms with Gasteiger partial charge in [0.15, 0.2) is 11.7 Å². The SMILES string of the molecule is Cc1cc2ncccc2c(-c2ccc3c4c(ccnc24)CCO3)c1[C@@H](OC(C)(C)C(F)(F)F)C(=O)O. The molecule has 1 aliphatic heterocycles. The Labute approximate surface area is 204 Å². The lowest BCUT2D eigenvalue weighted by Gasteiger charge is -2.32. The van der Waals surface area contributed by atoms with E-state index >= 15 is 0 Å². The van der Waals surface area contributed by atoms with Crippen LogP contribution in [0.3, 0.4) is 0 Å². The minimum atomic E-state index is -4.79. The van der Waals surface area contributed by atoms with Crippen LogP contribution in [0.25, 0.3) is 32.9 Å². The first-order chi connectivity index (χ1) is 17.0. The van der Waals surface area contributed by atoms with Crippen molar-refractivity contribution in [2.45, 2.75) is 45.1 Å². The normalized spacial score (nSPS) is 14.6. The van der Waals surface area contributed by atoms with Crippen LogP contribution in [0.15, 0.2) is 48.8 Å². The van der Waals surface area contributed by atoms with E-state index in [0.717, 1.165) is 24.8 Å². The van der Waals surface area contributed by atoms with Gasteiger partial charge in [0.05, 0.1) is 17.6 Å². The van der Waals surface area contributed by atoms with Gasteiger partial charge in [-0.25, -0.2) is 4.79 Å². The van der Waals surface area contributed by atoms with Crippen LogP contribution in [0.4, 0.5) is 13.2 Å². The second-order valence-corrected chi connectivity index (χ2v) is 9.30. The van der Waals surface area contributed by atoms with Crippen LogP contribution in [0.1, 0.15) is 36.6 Å². The van der Waals surface area contributed by atoms with E-state index < -0.39 is 23.9 Å². The van der Waals surface area contributed by atoms with E-state index in [4.69, 9.17) is 9.47 Å². The molecule has 1 aliphatic rings. The Kier molecular flexibility index (Phi) is 5.63. The smallest absolute Gasteiger partial charge is 0.416 e. The van der Waals surface area contributed by atoms with Crippen molar-refractivity contribution in [3.63, 3.8) is 0 Å². The summed E-state index contributed by atoms with van der Waals surface area (Å²) in [7, 11) is 0. The van der Waals surface area contributed by atoms with Gasteiger partial charge in [-0.15, -0.1) is 0 Å². The first-order valence-corrected chi connectivity index (χ1v) is 11.4. The summed E-state index contributed by atoms with van der Waals surface area (Å²) >= 11 is 0. The summed E-state index contributed by atoms with van der Waals surface area (Å²) in [6.45, 7) is 3.81. The van der Waals surface area contributed by atoms with Crippen molar-refractivity contribution in [2.24, 2.45) is 0 Å². The number of rotatable bonds is 5. The Bertz CT molecular complexity index is 1500. The average molecular weight is 496 g/mol. The predicted molar refractivity (Wildman–Crippen MR) is 128 cm³/mol. The van der Waals surface area contributed by atoms with Gasteiger partial charge in [0.25, 0.3) is 0 Å². The molecule has 186 valence electrons. The maximum Gasteiger partial charge on any atom is 0.416 e. The van der Waals surface area contributed by atoms with Crippen LogP contribution in [0, 0.1) is 6.92 Å². The molecule has 2 aromatic carbocycles. The first-order valence-electron chi connectivity index (χ1n) is 11.4. The molecule has 0 bridgehead atoms. The molecule has 1 atom stereocenters. The van der Waals surface area contributed by atoms with E-state index in [0.29, 0.717) is 51.9 Å². The number of nitrogens with zero attached hydrogens (tertiary/aromatic N) is 2. The van der Waals surface area contributed by atoms with E-state index in [2.05, 4.69) is 9.97 Å². The summed E-state index contributed by atoms with van der Waals surface area (Å²) in [5, 5.41) is 11.5. The molecule has 0 unspecified atom stereocenters. The molecular formula is C27H23F3N2O4. The van der Waals surface area contributed by atoms with E-state index in [1.54, 1.807) is 49.6 Å². The van der Waals surface area contributed by atoms with Gasteiger partial charge in [-0.05, 0) is 67.8 Å². The molecule has 36 heavy (non-hydrogen) atoms. The van der Waals surface area contributed by atoms with Gasteiger partial charge in [-0.3, -0.25) is 9.97 Å². The number of carboxylic acid groups (broad SMARTS) is 1. The van der Waals surface area contributed by atoms with E-state index in [1.165, 1.54) is 0 Å². The maximum atomic E-state index is 13.7. The summed E-state index contributed by atoms with van der Waals surface area (Å²) < 4.78 is 52.4. The summed E-state index contributed by atoms with van der Waals surface area (Å²) in [6.07, 6.45) is -2.73. The fourth-order valence-electron chi connectivity index (χ4n) is 4.69. The Morgan fingerprint density at radius 2 is 1.92 bits per heavy atom. The van der Waals surface area contributed by atoms with Gasteiger partial charge in [-0.1, -0.05) is 6.07 Å². The zero-order valence-corrected chi connectivity index (χ0v) is 19.8. The largest absolute Gasteiger partial charge is 0.493 e. The number of hydrogen-bond acceptors (Lipinski definition) is 5. The molecule has 0 saturated heterocycles. The van der Waals surface area contributed by atoms with Crippen LogP contribution in [0.2, 0.25) is 0 Å². The fourth-order valence-corrected chi connectivity index (χ4v) is 4.69. The summed E-state index contributed by atoms with van der Waals surface area (Å²) in [4.78, 5) is 21.5. The van der Waals surface area contributed by atoms with Crippen molar-refractivity contribution < 1.29 is 32.5 Å². The Morgan fingerprint density at radius 3 is 2.64 bits per heavy atom. The molecule has 2 aromatic heterocycles. The molecule has 0 spiro atoms. The highest BCUT2D eigenvalue weighted by Crippen LogP contribution is 2.46. The van der Waals surface area contributed by atoms with E-state index in [1.807, 2.05) is 6.07 Å². The van der Waals surface area contributed by atoms with Crippen molar-refractivity contribution in [1.29, 1.82) is 0 Å². The predicted octanol–water partition coefficient (Wildman–Crippen LogP) is 6.18. The number of aromatic nitrogens is 2. The van der Waals surface area contributed by atoms with Crippen LogP contribution in [0.5, 0.6) is 5.75 Å². The lowest BCUT2D eigenvalue weighted by molar-refractivity contribution is -0.277. The molecule has 9 heteroatoms. The highest BCUT2D eigenvalue weighted by molar-refractivity contribution is 6.08. The molecule has 0 amide bonds. The van der Waals surface area contributed by atoms with Crippen molar-refractivity contribution in [1.82, 2.24) is 9.97 Å². The maximum absolute atomic E-state index is 13.7. The number of ether oxygens (including phenoxy) is 2. The topological polar surface area (TPSA) is 81.5 Å². The molecule has 3 heterocycles. The van der Waals surface area contributed by atoms with Gasteiger partial charge in [-0.2, -0.15) is 13.2 Å². The van der Waals surface area contributed by atoms with Crippen LogP contribution >= 0.6 is 0 Å². The number of carboxylic acids is 1. The van der Waals surface area contributed by atoms with Gasteiger partial charge >= 0.3 is 12.1 Å². The van der Waals surface area contributed by atoms with Crippen LogP contribution in [-0.4, -0.2) is 39.4 Å². The summed E-state index contributed by atoms with van der Waals surface area (Å²) in [5.74, 6) is -0.872. The molecule has 5 rings (SSSR count). The Morgan fingerprint density at radius 1 is 1.14 bits per heavy atom. The fraction of sp³-hybridized carbons (Fsp3) is 0.296. The number of carbonyl (C=O) groups is 1. The lowest BCUT2D eigenvalue weighted by atomic mass is 9.86. The third-order valence-corrected chi connectivity index (χ3v) is 6.58. The molecule has 0 aliphatic carbocycles. The van der Waals surface area contributed by atoms with E-state index in [9.17, 15) is 23.1 Å². The summed E-state index contributed by atoms with van der Waals surface area (Å²) in [5.41, 5.74) is 1.02. The van der Waals surface area contributed by atoms with Gasteiger partial charge in [0.2, 0.25) is 0 Å². The van der Waals surface area contributed by atoms with Crippen molar-refractivity contribution in [2.75, 3.05) is 6.61 Å². The van der Waals surface area contributed by atoms with Crippen LogP contribution < -0.4 is 4.74 Å². The number of halogens is 3. The van der Waals surface area contributed by atoms with Gasteiger partial charge < -0.3 is 14.6 Å². The zero-order valence-electron chi connectivity index (χ0n) is 19.8. The molecule has 4 aromatic rings. The van der Waals surface area contributed by atoms with Crippen LogP contribution in [-0.2, 0) is 16.0 Å².